The van der Waals surface area contributed by atoms with E-state index in [0.717, 1.165) is 22.9 Å². The van der Waals surface area contributed by atoms with Crippen molar-refractivity contribution < 1.29 is 15.0 Å². The Hall–Kier alpha value is -1.03. The molecule has 1 aromatic rings. The molecule has 0 heterocycles. The normalized spacial score (nSPS) is 18.2. The van der Waals surface area contributed by atoms with Crippen LogP contribution in [0.4, 0.5) is 0 Å². The first-order chi connectivity index (χ1) is 9.18. The lowest BCUT2D eigenvalue weighted by Gasteiger charge is -2.29. The summed E-state index contributed by atoms with van der Waals surface area (Å²) in [4.78, 5) is 11.8. The molecule has 3 nitrogen and oxygen atoms in total. The molecule has 0 aliphatic heterocycles. The number of carbonyl (C=O) groups is 1. The molecule has 0 aromatic heterocycles. The Morgan fingerprint density at radius 2 is 1.80 bits per heavy atom. The van der Waals surface area contributed by atoms with Crippen LogP contribution in [0.1, 0.15) is 57.6 Å². The highest BCUT2D eigenvalue weighted by atomic mass is 79.9. The number of rotatable bonds is 2. The number of benzene rings is 1. The lowest BCUT2D eigenvalue weighted by molar-refractivity contribution is -0.143. The van der Waals surface area contributed by atoms with Crippen LogP contribution in [0.3, 0.4) is 0 Å². The molecule has 110 valence electrons. The predicted octanol–water partition coefficient (Wildman–Crippen LogP) is 4.35. The minimum atomic E-state index is -0.937. The van der Waals surface area contributed by atoms with Crippen LogP contribution >= 0.6 is 15.9 Å². The topological polar surface area (TPSA) is 57.5 Å². The number of aliphatic carboxylic acids is 1. The number of carboxylic acids is 1. The van der Waals surface area contributed by atoms with Crippen LogP contribution in [-0.2, 0) is 15.6 Å². The fourth-order valence-electron chi connectivity index (χ4n) is 3.11. The van der Waals surface area contributed by atoms with Gasteiger partial charge in [-0.2, -0.15) is 0 Å². The van der Waals surface area contributed by atoms with E-state index in [4.69, 9.17) is 0 Å². The van der Waals surface area contributed by atoms with E-state index in [9.17, 15) is 15.0 Å². The third kappa shape index (κ3) is 2.46. The summed E-state index contributed by atoms with van der Waals surface area (Å²) < 4.78 is 0.822. The Kier molecular flexibility index (Phi) is 3.89. The van der Waals surface area contributed by atoms with E-state index >= 15 is 0 Å². The standard InChI is InChI=1S/C16H21BrO3/c1-15(2,3)11-8-10(17)9-12(13(11)18)16(14(19)20)6-4-5-7-16/h8-9,18H,4-7H2,1-3H3,(H,19,20). The van der Waals surface area contributed by atoms with Crippen molar-refractivity contribution in [2.45, 2.75) is 57.3 Å². The Morgan fingerprint density at radius 3 is 2.25 bits per heavy atom. The second kappa shape index (κ2) is 5.06. The molecule has 4 heteroatoms. The molecule has 2 N–H and O–H groups in total. The van der Waals surface area contributed by atoms with Gasteiger partial charge in [0.25, 0.3) is 0 Å². The van der Waals surface area contributed by atoms with E-state index in [-0.39, 0.29) is 11.2 Å². The summed E-state index contributed by atoms with van der Waals surface area (Å²) in [5, 5.41) is 20.3. The number of phenols is 1. The van der Waals surface area contributed by atoms with Gasteiger partial charge in [0.2, 0.25) is 0 Å². The molecule has 2 rings (SSSR count). The highest BCUT2D eigenvalue weighted by Crippen LogP contribution is 2.48. The van der Waals surface area contributed by atoms with Crippen LogP contribution in [0.5, 0.6) is 5.75 Å². The molecule has 0 bridgehead atoms. The molecule has 0 spiro atoms. The molecule has 0 atom stereocenters. The Balaban J connectivity index is 2.68. The van der Waals surface area contributed by atoms with Gasteiger partial charge < -0.3 is 10.2 Å². The molecule has 1 aromatic carbocycles. The van der Waals surface area contributed by atoms with Crippen molar-refractivity contribution in [3.8, 4) is 5.75 Å². The summed E-state index contributed by atoms with van der Waals surface area (Å²) >= 11 is 3.46. The van der Waals surface area contributed by atoms with Crippen molar-refractivity contribution in [3.05, 3.63) is 27.7 Å². The number of carboxylic acid groups (broad SMARTS) is 1. The van der Waals surface area contributed by atoms with E-state index in [2.05, 4.69) is 15.9 Å². The first-order valence-electron chi connectivity index (χ1n) is 6.95. The molecule has 0 radical (unpaired) electrons. The molecule has 1 saturated carbocycles. The Labute approximate surface area is 128 Å². The number of halogens is 1. The first kappa shape index (κ1) is 15.4. The van der Waals surface area contributed by atoms with Gasteiger partial charge in [-0.05, 0) is 30.4 Å². The van der Waals surface area contributed by atoms with E-state index < -0.39 is 11.4 Å². The van der Waals surface area contributed by atoms with Crippen LogP contribution in [0, 0.1) is 0 Å². The zero-order valence-corrected chi connectivity index (χ0v) is 13.7. The van der Waals surface area contributed by atoms with Gasteiger partial charge >= 0.3 is 5.97 Å². The van der Waals surface area contributed by atoms with Crippen molar-refractivity contribution in [1.82, 2.24) is 0 Å². The average Bonchev–Trinajstić information content (AvgIpc) is 2.80. The van der Waals surface area contributed by atoms with Crippen molar-refractivity contribution in [1.29, 1.82) is 0 Å². The van der Waals surface area contributed by atoms with Crippen molar-refractivity contribution in [3.63, 3.8) is 0 Å². The predicted molar refractivity (Wildman–Crippen MR) is 82.3 cm³/mol. The highest BCUT2D eigenvalue weighted by Gasteiger charge is 2.45. The average molecular weight is 341 g/mol. The fourth-order valence-corrected chi connectivity index (χ4v) is 3.57. The highest BCUT2D eigenvalue weighted by molar-refractivity contribution is 9.10. The zero-order valence-electron chi connectivity index (χ0n) is 12.2. The van der Waals surface area contributed by atoms with Crippen LogP contribution < -0.4 is 0 Å². The maximum absolute atomic E-state index is 11.8. The van der Waals surface area contributed by atoms with Gasteiger partial charge in [0, 0.05) is 15.6 Å². The van der Waals surface area contributed by atoms with Gasteiger partial charge in [0.15, 0.2) is 0 Å². The number of aromatic hydroxyl groups is 1. The molecule has 0 amide bonds. The second-order valence-corrected chi connectivity index (χ2v) is 7.61. The minimum Gasteiger partial charge on any atom is -0.507 e. The van der Waals surface area contributed by atoms with Gasteiger partial charge in [-0.25, -0.2) is 0 Å². The van der Waals surface area contributed by atoms with Crippen LogP contribution in [0.25, 0.3) is 0 Å². The SMILES string of the molecule is CC(C)(C)c1cc(Br)cc(C2(C(=O)O)CCCC2)c1O. The second-order valence-electron chi connectivity index (χ2n) is 6.69. The fraction of sp³-hybridized carbons (Fsp3) is 0.562. The number of phenolic OH excluding ortho intramolecular Hbond substituents is 1. The molecule has 1 aliphatic rings. The van der Waals surface area contributed by atoms with Crippen molar-refractivity contribution >= 4 is 21.9 Å². The van der Waals surface area contributed by atoms with Crippen LogP contribution in [0.15, 0.2) is 16.6 Å². The van der Waals surface area contributed by atoms with Gasteiger partial charge in [0.1, 0.15) is 5.75 Å². The number of hydrogen-bond acceptors (Lipinski definition) is 2. The Bertz CT molecular complexity index is 537. The first-order valence-corrected chi connectivity index (χ1v) is 7.75. The third-order valence-electron chi connectivity index (χ3n) is 4.26. The molecular formula is C16H21BrO3. The van der Waals surface area contributed by atoms with Crippen molar-refractivity contribution in [2.24, 2.45) is 0 Å². The van der Waals surface area contributed by atoms with E-state index in [1.165, 1.54) is 0 Å². The summed E-state index contributed by atoms with van der Waals surface area (Å²) in [5.74, 6) is -0.687. The maximum atomic E-state index is 11.8. The van der Waals surface area contributed by atoms with Crippen LogP contribution in [0.2, 0.25) is 0 Å². The Morgan fingerprint density at radius 1 is 1.25 bits per heavy atom. The quantitative estimate of drug-likeness (QED) is 0.841. The molecule has 1 aliphatic carbocycles. The molecular weight excluding hydrogens is 320 g/mol. The lowest BCUT2D eigenvalue weighted by atomic mass is 9.75. The minimum absolute atomic E-state index is 0.144. The van der Waals surface area contributed by atoms with Gasteiger partial charge in [0.05, 0.1) is 5.41 Å². The van der Waals surface area contributed by atoms with Crippen LogP contribution in [-0.4, -0.2) is 16.2 Å². The summed E-state index contributed by atoms with van der Waals surface area (Å²) in [6.45, 7) is 6.04. The maximum Gasteiger partial charge on any atom is 0.314 e. The monoisotopic (exact) mass is 340 g/mol. The van der Waals surface area contributed by atoms with E-state index in [1.807, 2.05) is 26.8 Å². The smallest absolute Gasteiger partial charge is 0.314 e. The largest absolute Gasteiger partial charge is 0.507 e. The molecule has 20 heavy (non-hydrogen) atoms. The summed E-state index contributed by atoms with van der Waals surface area (Å²) in [7, 11) is 0. The molecule has 1 fully saturated rings. The van der Waals surface area contributed by atoms with Gasteiger partial charge in [-0.1, -0.05) is 49.5 Å². The summed E-state index contributed by atoms with van der Waals surface area (Å²) in [5.41, 5.74) is 0.172. The number of hydrogen-bond donors (Lipinski definition) is 2. The van der Waals surface area contributed by atoms with E-state index in [1.54, 1.807) is 6.07 Å². The van der Waals surface area contributed by atoms with Crippen molar-refractivity contribution in [2.75, 3.05) is 0 Å². The summed E-state index contributed by atoms with van der Waals surface area (Å²) in [6.07, 6.45) is 2.97. The van der Waals surface area contributed by atoms with Gasteiger partial charge in [-0.3, -0.25) is 4.79 Å². The third-order valence-corrected chi connectivity index (χ3v) is 4.72. The lowest BCUT2D eigenvalue weighted by Crippen LogP contribution is -2.33. The summed E-state index contributed by atoms with van der Waals surface area (Å²) in [6, 6.07) is 3.65. The van der Waals surface area contributed by atoms with E-state index in [0.29, 0.717) is 18.4 Å². The van der Waals surface area contributed by atoms with Gasteiger partial charge in [-0.15, -0.1) is 0 Å². The molecule has 0 unspecified atom stereocenters. The molecule has 0 saturated heterocycles. The zero-order chi connectivity index (χ0) is 15.1.